The van der Waals surface area contributed by atoms with Crippen molar-refractivity contribution in [3.8, 4) is 0 Å². The fraction of sp³-hybridized carbons (Fsp3) is 0.500. The molecule has 4 nitrogen and oxygen atoms in total. The summed E-state index contributed by atoms with van der Waals surface area (Å²) in [4.78, 5) is 27.0. The molecule has 4 rings (SSSR count). The molecule has 0 N–H and O–H groups in total. The minimum atomic E-state index is -1.15. The molecule has 0 aromatic heterocycles. The molecule has 2 heterocycles. The van der Waals surface area contributed by atoms with Gasteiger partial charge in [-0.15, -0.1) is 0 Å². The van der Waals surface area contributed by atoms with Gasteiger partial charge in [0.25, 0.3) is 5.91 Å². The SMILES string of the molecule is CN1C(=O)[C@]2(C=C[C@@]3(CCCC3=O)O2)c2cc(C(C)(C)C)ccc21. The molecule has 1 aliphatic carbocycles. The van der Waals surface area contributed by atoms with Gasteiger partial charge in [-0.25, -0.2) is 0 Å². The number of anilines is 1. The van der Waals surface area contributed by atoms with Gasteiger partial charge in [0, 0.05) is 19.0 Å². The van der Waals surface area contributed by atoms with Gasteiger partial charge in [-0.2, -0.15) is 0 Å². The van der Waals surface area contributed by atoms with Crippen molar-refractivity contribution >= 4 is 17.4 Å². The molecule has 3 aliphatic rings. The van der Waals surface area contributed by atoms with Crippen LogP contribution in [0.3, 0.4) is 0 Å². The molecule has 1 aromatic rings. The number of Topliss-reactive ketones (excluding diaryl/α,β-unsaturated/α-hetero) is 1. The molecule has 4 heteroatoms. The molecule has 1 saturated carbocycles. The van der Waals surface area contributed by atoms with Crippen molar-refractivity contribution in [2.75, 3.05) is 11.9 Å². The van der Waals surface area contributed by atoms with Crippen LogP contribution in [0.4, 0.5) is 5.69 Å². The van der Waals surface area contributed by atoms with Gasteiger partial charge in [0.15, 0.2) is 11.4 Å². The van der Waals surface area contributed by atoms with Crippen LogP contribution in [0.25, 0.3) is 0 Å². The Morgan fingerprint density at radius 3 is 2.54 bits per heavy atom. The number of nitrogens with zero attached hydrogens (tertiary/aromatic N) is 1. The third-order valence-corrected chi connectivity index (χ3v) is 5.60. The summed E-state index contributed by atoms with van der Waals surface area (Å²) < 4.78 is 6.30. The van der Waals surface area contributed by atoms with Crippen LogP contribution in [0.1, 0.15) is 51.2 Å². The lowest BCUT2D eigenvalue weighted by molar-refractivity contribution is -0.156. The predicted molar refractivity (Wildman–Crippen MR) is 92.0 cm³/mol. The van der Waals surface area contributed by atoms with Crippen LogP contribution in [-0.2, 0) is 25.3 Å². The lowest BCUT2D eigenvalue weighted by atomic mass is 9.84. The van der Waals surface area contributed by atoms with Gasteiger partial charge in [-0.3, -0.25) is 9.59 Å². The minimum Gasteiger partial charge on any atom is -0.338 e. The second-order valence-corrected chi connectivity index (χ2v) is 8.18. The van der Waals surface area contributed by atoms with E-state index < -0.39 is 11.2 Å². The Labute approximate surface area is 142 Å². The van der Waals surface area contributed by atoms with E-state index in [4.69, 9.17) is 4.74 Å². The summed E-state index contributed by atoms with van der Waals surface area (Å²) >= 11 is 0. The Balaban J connectivity index is 1.86. The van der Waals surface area contributed by atoms with Crippen molar-refractivity contribution in [3.05, 3.63) is 41.5 Å². The number of amides is 1. The maximum Gasteiger partial charge on any atom is 0.267 e. The third kappa shape index (κ3) is 1.83. The van der Waals surface area contributed by atoms with Crippen molar-refractivity contribution < 1.29 is 14.3 Å². The molecule has 2 aliphatic heterocycles. The molecular formula is C20H23NO3. The van der Waals surface area contributed by atoms with Gasteiger partial charge in [0.2, 0.25) is 0 Å². The van der Waals surface area contributed by atoms with E-state index in [0.29, 0.717) is 12.8 Å². The lowest BCUT2D eigenvalue weighted by Crippen LogP contribution is -2.44. The van der Waals surface area contributed by atoms with Gasteiger partial charge in [0.1, 0.15) is 5.60 Å². The molecule has 24 heavy (non-hydrogen) atoms. The first-order valence-electron chi connectivity index (χ1n) is 8.57. The molecule has 1 aromatic carbocycles. The second-order valence-electron chi connectivity index (χ2n) is 8.18. The van der Waals surface area contributed by atoms with Crippen LogP contribution in [0.2, 0.25) is 0 Å². The number of hydrogen-bond donors (Lipinski definition) is 0. The topological polar surface area (TPSA) is 46.6 Å². The van der Waals surface area contributed by atoms with E-state index >= 15 is 0 Å². The average molecular weight is 325 g/mol. The summed E-state index contributed by atoms with van der Waals surface area (Å²) in [6.45, 7) is 6.44. The van der Waals surface area contributed by atoms with E-state index in [1.54, 1.807) is 11.9 Å². The van der Waals surface area contributed by atoms with Crippen LogP contribution in [0.15, 0.2) is 30.4 Å². The Kier molecular flexibility index (Phi) is 2.97. The smallest absolute Gasteiger partial charge is 0.267 e. The Morgan fingerprint density at radius 2 is 1.92 bits per heavy atom. The zero-order valence-corrected chi connectivity index (χ0v) is 14.7. The number of ether oxygens (including phenoxy) is 1. The number of hydrogen-bond acceptors (Lipinski definition) is 3. The molecule has 126 valence electrons. The van der Waals surface area contributed by atoms with E-state index in [2.05, 4.69) is 32.9 Å². The number of carbonyl (C=O) groups is 2. The summed E-state index contributed by atoms with van der Waals surface area (Å²) in [7, 11) is 1.77. The normalized spacial score (nSPS) is 31.8. The number of benzene rings is 1. The summed E-state index contributed by atoms with van der Waals surface area (Å²) in [6, 6.07) is 6.12. The molecule has 0 bridgehead atoms. The number of carbonyl (C=O) groups excluding carboxylic acids is 2. The van der Waals surface area contributed by atoms with Crippen molar-refractivity contribution in [2.45, 2.75) is 56.7 Å². The van der Waals surface area contributed by atoms with E-state index in [1.165, 1.54) is 0 Å². The van der Waals surface area contributed by atoms with Crippen LogP contribution in [-0.4, -0.2) is 24.3 Å². The second kappa shape index (κ2) is 4.57. The zero-order chi connectivity index (χ0) is 17.3. The largest absolute Gasteiger partial charge is 0.338 e. The Morgan fingerprint density at radius 1 is 1.17 bits per heavy atom. The first kappa shape index (κ1) is 15.6. The highest BCUT2D eigenvalue weighted by Gasteiger charge is 2.59. The predicted octanol–water partition coefficient (Wildman–Crippen LogP) is 3.23. The lowest BCUT2D eigenvalue weighted by Gasteiger charge is -2.29. The maximum atomic E-state index is 13.0. The number of rotatable bonds is 0. The molecule has 1 amide bonds. The van der Waals surface area contributed by atoms with Crippen molar-refractivity contribution in [2.24, 2.45) is 0 Å². The monoisotopic (exact) mass is 325 g/mol. The molecule has 0 saturated heterocycles. The standard InChI is InChI=1S/C20H23NO3/c1-18(2,3)13-7-8-15-14(12-13)20(17(23)21(15)4)11-10-19(24-20)9-5-6-16(19)22/h7-8,10-12H,5-6,9H2,1-4H3/t19-,20+/m1/s1. The number of likely N-dealkylation sites (N-methyl/N-ethyl adjacent to an activating group) is 1. The quantitative estimate of drug-likeness (QED) is 0.688. The van der Waals surface area contributed by atoms with Gasteiger partial charge in [0.05, 0.1) is 5.69 Å². The number of fused-ring (bicyclic) bond motifs is 2. The fourth-order valence-corrected chi connectivity index (χ4v) is 4.08. The van der Waals surface area contributed by atoms with Crippen molar-refractivity contribution in [3.63, 3.8) is 0 Å². The van der Waals surface area contributed by atoms with E-state index in [9.17, 15) is 9.59 Å². The highest BCUT2D eigenvalue weighted by molar-refractivity contribution is 6.09. The molecule has 1 fully saturated rings. The van der Waals surface area contributed by atoms with Gasteiger partial charge in [-0.1, -0.05) is 26.8 Å². The zero-order valence-electron chi connectivity index (χ0n) is 14.7. The summed E-state index contributed by atoms with van der Waals surface area (Å²) in [5, 5.41) is 0. The highest BCUT2D eigenvalue weighted by Crippen LogP contribution is 2.52. The van der Waals surface area contributed by atoms with Crippen molar-refractivity contribution in [1.29, 1.82) is 0 Å². The first-order valence-corrected chi connectivity index (χ1v) is 8.57. The fourth-order valence-electron chi connectivity index (χ4n) is 4.08. The van der Waals surface area contributed by atoms with Crippen molar-refractivity contribution in [1.82, 2.24) is 0 Å². The molecule has 0 radical (unpaired) electrons. The van der Waals surface area contributed by atoms with Gasteiger partial charge < -0.3 is 9.64 Å². The van der Waals surface area contributed by atoms with Crippen LogP contribution < -0.4 is 4.90 Å². The summed E-state index contributed by atoms with van der Waals surface area (Å²) in [5.41, 5.74) is 0.792. The first-order chi connectivity index (χ1) is 11.2. The van der Waals surface area contributed by atoms with Gasteiger partial charge in [-0.05, 0) is 48.1 Å². The van der Waals surface area contributed by atoms with E-state index in [1.807, 2.05) is 18.2 Å². The molecule has 2 spiro atoms. The summed E-state index contributed by atoms with van der Waals surface area (Å²) in [6.07, 6.45) is 5.65. The molecule has 0 unspecified atom stereocenters. The van der Waals surface area contributed by atoms with Crippen LogP contribution in [0.5, 0.6) is 0 Å². The molecule has 2 atom stereocenters. The third-order valence-electron chi connectivity index (χ3n) is 5.60. The maximum absolute atomic E-state index is 13.0. The highest BCUT2D eigenvalue weighted by atomic mass is 16.5. The van der Waals surface area contributed by atoms with E-state index in [-0.39, 0.29) is 17.1 Å². The van der Waals surface area contributed by atoms with Crippen LogP contribution in [0, 0.1) is 0 Å². The summed E-state index contributed by atoms with van der Waals surface area (Å²) in [5.74, 6) is -0.0251. The van der Waals surface area contributed by atoms with Gasteiger partial charge >= 0.3 is 0 Å². The van der Waals surface area contributed by atoms with Crippen LogP contribution >= 0.6 is 0 Å². The minimum absolute atomic E-state index is 0.0242. The Bertz CT molecular complexity index is 789. The Hall–Kier alpha value is -1.94. The average Bonchev–Trinajstić information content (AvgIpc) is 3.15. The molecular weight excluding hydrogens is 302 g/mol. The van der Waals surface area contributed by atoms with E-state index in [0.717, 1.165) is 23.2 Å². The number of ketones is 1.